The Morgan fingerprint density at radius 3 is 1.56 bits per heavy atom. The zero-order valence-electron chi connectivity index (χ0n) is 28.3. The number of para-hydroxylation sites is 2. The molecule has 9 aromatic rings. The Kier molecular flexibility index (Phi) is 7.89. The molecule has 1 heterocycles. The topological polar surface area (TPSA) is 40.2 Å². The summed E-state index contributed by atoms with van der Waals surface area (Å²) >= 11 is 0. The van der Waals surface area contributed by atoms with Crippen LogP contribution in [0.25, 0.3) is 66.4 Å². The third kappa shape index (κ3) is 5.40. The molecule has 0 fully saturated rings. The van der Waals surface area contributed by atoms with Crippen molar-refractivity contribution in [3.05, 3.63) is 200 Å². The zero-order chi connectivity index (χ0) is 34.9. The zero-order valence-corrected chi connectivity index (χ0v) is 28.3. The molecule has 0 spiro atoms. The second-order valence-corrected chi connectivity index (χ2v) is 12.8. The first kappa shape index (κ1) is 30.9. The first-order chi connectivity index (χ1) is 25.8. The molecule has 8 aromatic carbocycles. The average molecular weight is 665 g/mol. The summed E-state index contributed by atoms with van der Waals surface area (Å²) in [5.41, 5.74) is 13.8. The molecule has 52 heavy (non-hydrogen) atoms. The summed E-state index contributed by atoms with van der Waals surface area (Å²) in [6.07, 6.45) is 0. The van der Waals surface area contributed by atoms with E-state index in [0.717, 1.165) is 77.9 Å². The molecule has 0 aliphatic heterocycles. The highest BCUT2D eigenvalue weighted by Gasteiger charge is 2.25. The van der Waals surface area contributed by atoms with Crippen LogP contribution in [0.2, 0.25) is 0 Å². The third-order valence-corrected chi connectivity index (χ3v) is 9.75. The molecule has 1 aromatic heterocycles. The van der Waals surface area contributed by atoms with Crippen molar-refractivity contribution in [3.8, 4) is 50.6 Å². The Balaban J connectivity index is 1.37. The Morgan fingerprint density at radius 2 is 0.885 bits per heavy atom. The SMILES string of the molecule is N#Cc1cccc2c1oc1c(N(c3ccc(-c4ccccc4)cc3)c3cccc(-c4ccccc4)c3-c3ccccc3-c3ccccc3)cccc12. The van der Waals surface area contributed by atoms with Crippen molar-refractivity contribution in [2.75, 3.05) is 4.90 Å². The van der Waals surface area contributed by atoms with E-state index in [1.54, 1.807) is 0 Å². The van der Waals surface area contributed by atoms with Crippen LogP contribution in [-0.2, 0) is 0 Å². The fourth-order valence-corrected chi connectivity index (χ4v) is 7.35. The molecular weight excluding hydrogens is 633 g/mol. The lowest BCUT2D eigenvalue weighted by Gasteiger charge is -2.30. The monoisotopic (exact) mass is 664 g/mol. The van der Waals surface area contributed by atoms with Gasteiger partial charge in [0.1, 0.15) is 6.07 Å². The molecule has 0 saturated heterocycles. The summed E-state index contributed by atoms with van der Waals surface area (Å²) in [6, 6.07) is 70.0. The summed E-state index contributed by atoms with van der Waals surface area (Å²) in [7, 11) is 0. The number of hydrogen-bond donors (Lipinski definition) is 0. The minimum atomic E-state index is 0.516. The number of rotatable bonds is 7. The van der Waals surface area contributed by atoms with E-state index < -0.39 is 0 Å². The van der Waals surface area contributed by atoms with Crippen LogP contribution in [0.5, 0.6) is 0 Å². The highest BCUT2D eigenvalue weighted by molar-refractivity contribution is 6.12. The number of fused-ring (bicyclic) bond motifs is 3. The van der Waals surface area contributed by atoms with Crippen LogP contribution in [0.1, 0.15) is 5.56 Å². The molecule has 0 unspecified atom stereocenters. The molecule has 3 heteroatoms. The minimum absolute atomic E-state index is 0.516. The summed E-state index contributed by atoms with van der Waals surface area (Å²) < 4.78 is 6.71. The summed E-state index contributed by atoms with van der Waals surface area (Å²) in [5, 5.41) is 11.9. The van der Waals surface area contributed by atoms with Crippen molar-refractivity contribution in [3.63, 3.8) is 0 Å². The lowest BCUT2D eigenvalue weighted by molar-refractivity contribution is 0.668. The smallest absolute Gasteiger partial charge is 0.159 e. The molecule has 0 amide bonds. The molecule has 0 radical (unpaired) electrons. The van der Waals surface area contributed by atoms with E-state index >= 15 is 0 Å². The maximum absolute atomic E-state index is 10.0. The Hall–Kier alpha value is -7.15. The van der Waals surface area contributed by atoms with Crippen LogP contribution >= 0.6 is 0 Å². The lowest BCUT2D eigenvalue weighted by Crippen LogP contribution is -2.12. The summed E-state index contributed by atoms with van der Waals surface area (Å²) in [5.74, 6) is 0. The molecule has 9 rings (SSSR count). The number of nitrogens with zero attached hydrogens (tertiary/aromatic N) is 2. The Labute approximate surface area is 302 Å². The van der Waals surface area contributed by atoms with Crippen molar-refractivity contribution < 1.29 is 4.42 Å². The maximum atomic E-state index is 10.0. The lowest BCUT2D eigenvalue weighted by atomic mass is 9.87. The van der Waals surface area contributed by atoms with Gasteiger partial charge in [0, 0.05) is 22.0 Å². The standard InChI is InChI=1S/C49H32N2O/c50-33-38-21-12-25-43-44-26-14-28-46(49(44)52-48(38)43)51(39-31-29-35(30-32-39)34-15-4-1-5-16-34)45-27-13-24-41(37-19-8-3-9-20-37)47(45)42-23-11-10-22-40(42)36-17-6-2-7-18-36/h1-32H. The number of furan rings is 1. The van der Waals surface area contributed by atoms with Crippen molar-refractivity contribution in [2.45, 2.75) is 0 Å². The van der Waals surface area contributed by atoms with Crippen LogP contribution in [0.15, 0.2) is 199 Å². The second kappa shape index (κ2) is 13.3. The number of nitriles is 1. The van der Waals surface area contributed by atoms with Crippen LogP contribution < -0.4 is 4.90 Å². The Morgan fingerprint density at radius 1 is 0.385 bits per heavy atom. The summed E-state index contributed by atoms with van der Waals surface area (Å²) in [4.78, 5) is 2.31. The van der Waals surface area contributed by atoms with Gasteiger partial charge >= 0.3 is 0 Å². The molecule has 0 bridgehead atoms. The second-order valence-electron chi connectivity index (χ2n) is 12.8. The van der Waals surface area contributed by atoms with Crippen LogP contribution in [0.3, 0.4) is 0 Å². The fraction of sp³-hybridized carbons (Fsp3) is 0. The van der Waals surface area contributed by atoms with Crippen LogP contribution in [0.4, 0.5) is 17.1 Å². The quantitative estimate of drug-likeness (QED) is 0.170. The maximum Gasteiger partial charge on any atom is 0.159 e. The van der Waals surface area contributed by atoms with Gasteiger partial charge in [0.2, 0.25) is 0 Å². The average Bonchev–Trinajstić information content (AvgIpc) is 3.62. The van der Waals surface area contributed by atoms with Gasteiger partial charge in [-0.25, -0.2) is 0 Å². The minimum Gasteiger partial charge on any atom is -0.452 e. The van der Waals surface area contributed by atoms with Gasteiger partial charge in [0.25, 0.3) is 0 Å². The molecule has 3 nitrogen and oxygen atoms in total. The number of anilines is 3. The van der Waals surface area contributed by atoms with Crippen LogP contribution in [-0.4, -0.2) is 0 Å². The first-order valence-electron chi connectivity index (χ1n) is 17.4. The molecule has 0 aliphatic rings. The third-order valence-electron chi connectivity index (χ3n) is 9.75. The predicted molar refractivity (Wildman–Crippen MR) is 215 cm³/mol. The van der Waals surface area contributed by atoms with E-state index in [0.29, 0.717) is 11.1 Å². The van der Waals surface area contributed by atoms with Gasteiger partial charge < -0.3 is 9.32 Å². The van der Waals surface area contributed by atoms with Crippen LogP contribution in [0, 0.1) is 11.3 Å². The van der Waals surface area contributed by atoms with Crippen molar-refractivity contribution >= 4 is 39.0 Å². The largest absolute Gasteiger partial charge is 0.452 e. The van der Waals surface area contributed by atoms with Crippen molar-refractivity contribution in [1.29, 1.82) is 5.26 Å². The number of benzene rings is 8. The fourth-order valence-electron chi connectivity index (χ4n) is 7.35. The predicted octanol–water partition coefficient (Wildman–Crippen LogP) is 13.6. The van der Waals surface area contributed by atoms with E-state index in [1.807, 2.05) is 24.3 Å². The van der Waals surface area contributed by atoms with Crippen molar-refractivity contribution in [2.24, 2.45) is 0 Å². The molecule has 244 valence electrons. The van der Waals surface area contributed by atoms with Gasteiger partial charge in [-0.3, -0.25) is 0 Å². The van der Waals surface area contributed by atoms with E-state index in [9.17, 15) is 5.26 Å². The molecule has 0 aliphatic carbocycles. The van der Waals surface area contributed by atoms with Gasteiger partial charge in [0.05, 0.1) is 16.9 Å². The normalized spacial score (nSPS) is 11.1. The first-order valence-corrected chi connectivity index (χ1v) is 17.4. The highest BCUT2D eigenvalue weighted by Crippen LogP contribution is 2.50. The highest BCUT2D eigenvalue weighted by atomic mass is 16.3. The van der Waals surface area contributed by atoms with Crippen molar-refractivity contribution in [1.82, 2.24) is 0 Å². The molecule has 0 saturated carbocycles. The van der Waals surface area contributed by atoms with E-state index in [4.69, 9.17) is 4.42 Å². The van der Waals surface area contributed by atoms with Gasteiger partial charge in [-0.1, -0.05) is 164 Å². The van der Waals surface area contributed by atoms with E-state index in [1.165, 1.54) is 0 Å². The van der Waals surface area contributed by atoms with E-state index in [2.05, 4.69) is 181 Å². The van der Waals surface area contributed by atoms with Gasteiger partial charge in [-0.05, 0) is 69.3 Å². The van der Waals surface area contributed by atoms with Gasteiger partial charge in [-0.15, -0.1) is 0 Å². The van der Waals surface area contributed by atoms with E-state index in [-0.39, 0.29) is 0 Å². The van der Waals surface area contributed by atoms with Gasteiger partial charge in [0.15, 0.2) is 11.2 Å². The van der Waals surface area contributed by atoms with Gasteiger partial charge in [-0.2, -0.15) is 5.26 Å². The molecule has 0 atom stereocenters. The Bertz CT molecular complexity index is 2730. The molecular formula is C49H32N2O. The summed E-state index contributed by atoms with van der Waals surface area (Å²) in [6.45, 7) is 0. The number of hydrogen-bond acceptors (Lipinski definition) is 3. The molecule has 0 N–H and O–H groups in total.